The van der Waals surface area contributed by atoms with E-state index < -0.39 is 0 Å². The van der Waals surface area contributed by atoms with Gasteiger partial charge in [-0.25, -0.2) is 0 Å². The summed E-state index contributed by atoms with van der Waals surface area (Å²) in [7, 11) is 1.37. The van der Waals surface area contributed by atoms with E-state index in [0.29, 0.717) is 24.4 Å². The van der Waals surface area contributed by atoms with Crippen LogP contribution in [0.1, 0.15) is 50.1 Å². The number of amides is 1. The maximum Gasteiger partial charge on any atom is 0.307 e. The van der Waals surface area contributed by atoms with E-state index in [4.69, 9.17) is 4.74 Å². The van der Waals surface area contributed by atoms with Gasteiger partial charge in [-0.3, -0.25) is 9.59 Å². The normalized spacial score (nSPS) is 25.6. The Balaban J connectivity index is 0.00000225. The van der Waals surface area contributed by atoms with Gasteiger partial charge < -0.3 is 15.4 Å². The second-order valence-electron chi connectivity index (χ2n) is 6.99. The number of fused-ring (bicyclic) bond motifs is 2. The van der Waals surface area contributed by atoms with Gasteiger partial charge in [0, 0.05) is 18.5 Å². The predicted molar refractivity (Wildman–Crippen MR) is 98.5 cm³/mol. The van der Waals surface area contributed by atoms with Gasteiger partial charge in [0.2, 0.25) is 5.91 Å². The monoisotopic (exact) mass is 366 g/mol. The van der Waals surface area contributed by atoms with E-state index in [0.717, 1.165) is 18.4 Å². The molecule has 6 heteroatoms. The topological polar surface area (TPSA) is 67.4 Å². The van der Waals surface area contributed by atoms with Gasteiger partial charge in [0.05, 0.1) is 19.6 Å². The standard InChI is InChI=1S/C19H26N2O3.ClH/c1-24-19(23)12-17(14-5-3-2-4-6-14)21-18(22)11-13-9-15-7-8-16(10-13)20-15;/h2-6,13,15-17,20H,7-12H2,1H3,(H,21,22);1H. The Kier molecular flexibility index (Phi) is 7.26. The van der Waals surface area contributed by atoms with Crippen LogP contribution in [-0.4, -0.2) is 31.1 Å². The van der Waals surface area contributed by atoms with Crippen LogP contribution in [0.3, 0.4) is 0 Å². The van der Waals surface area contributed by atoms with Crippen molar-refractivity contribution in [3.05, 3.63) is 35.9 Å². The molecule has 3 unspecified atom stereocenters. The molecular formula is C19H27ClN2O3. The van der Waals surface area contributed by atoms with Crippen LogP contribution in [0.5, 0.6) is 0 Å². The minimum Gasteiger partial charge on any atom is -0.469 e. The van der Waals surface area contributed by atoms with Gasteiger partial charge >= 0.3 is 5.97 Å². The molecule has 3 atom stereocenters. The lowest BCUT2D eigenvalue weighted by molar-refractivity contribution is -0.141. The maximum absolute atomic E-state index is 12.5. The van der Waals surface area contributed by atoms with Gasteiger partial charge in [-0.1, -0.05) is 30.3 Å². The Morgan fingerprint density at radius 1 is 1.20 bits per heavy atom. The van der Waals surface area contributed by atoms with Gasteiger partial charge in [-0.15, -0.1) is 12.4 Å². The molecule has 0 spiro atoms. The van der Waals surface area contributed by atoms with Crippen molar-refractivity contribution in [2.45, 2.75) is 56.7 Å². The second-order valence-corrected chi connectivity index (χ2v) is 6.99. The lowest BCUT2D eigenvalue weighted by Crippen LogP contribution is -2.40. The first kappa shape index (κ1) is 19.7. The minimum absolute atomic E-state index is 0. The molecule has 2 fully saturated rings. The van der Waals surface area contributed by atoms with Crippen LogP contribution in [0.15, 0.2) is 30.3 Å². The number of rotatable bonds is 6. The molecular weight excluding hydrogens is 340 g/mol. The molecule has 2 aliphatic heterocycles. The summed E-state index contributed by atoms with van der Waals surface area (Å²) in [6.07, 6.45) is 5.33. The molecule has 3 rings (SSSR count). The number of ether oxygens (including phenoxy) is 1. The third kappa shape index (κ3) is 5.44. The summed E-state index contributed by atoms with van der Waals surface area (Å²) in [6, 6.07) is 10.4. The van der Waals surface area contributed by atoms with Crippen LogP contribution in [0.2, 0.25) is 0 Å². The fourth-order valence-electron chi connectivity index (χ4n) is 4.04. The molecule has 0 aliphatic carbocycles. The molecule has 0 saturated carbocycles. The Bertz CT molecular complexity index is 569. The van der Waals surface area contributed by atoms with Gasteiger partial charge in [0.15, 0.2) is 0 Å². The number of carbonyl (C=O) groups is 2. The number of halogens is 1. The minimum atomic E-state index is -0.329. The van der Waals surface area contributed by atoms with Gasteiger partial charge in [-0.05, 0) is 37.2 Å². The predicted octanol–water partition coefficient (Wildman–Crippen LogP) is 2.75. The van der Waals surface area contributed by atoms with Crippen molar-refractivity contribution in [1.82, 2.24) is 10.6 Å². The van der Waals surface area contributed by atoms with E-state index in [2.05, 4.69) is 10.6 Å². The highest BCUT2D eigenvalue weighted by atomic mass is 35.5. The smallest absolute Gasteiger partial charge is 0.307 e. The lowest BCUT2D eigenvalue weighted by Gasteiger charge is -2.29. The van der Waals surface area contributed by atoms with Crippen molar-refractivity contribution in [1.29, 1.82) is 0 Å². The first-order valence-electron chi connectivity index (χ1n) is 8.81. The molecule has 5 nitrogen and oxygen atoms in total. The summed E-state index contributed by atoms with van der Waals surface area (Å²) in [5.41, 5.74) is 0.932. The SMILES string of the molecule is COC(=O)CC(NC(=O)CC1CC2CCC(C1)N2)c1ccccc1.Cl. The van der Waals surface area contributed by atoms with Gasteiger partial charge in [0.25, 0.3) is 0 Å². The molecule has 1 aromatic rings. The molecule has 138 valence electrons. The molecule has 2 N–H and O–H groups in total. The van der Waals surface area contributed by atoms with Crippen LogP contribution < -0.4 is 10.6 Å². The van der Waals surface area contributed by atoms with Crippen molar-refractivity contribution in [2.24, 2.45) is 5.92 Å². The van der Waals surface area contributed by atoms with Crippen molar-refractivity contribution < 1.29 is 14.3 Å². The van der Waals surface area contributed by atoms with Crippen molar-refractivity contribution in [2.75, 3.05) is 7.11 Å². The number of piperidine rings is 1. The van der Waals surface area contributed by atoms with E-state index >= 15 is 0 Å². The Labute approximate surface area is 155 Å². The van der Waals surface area contributed by atoms with Crippen molar-refractivity contribution in [3.8, 4) is 0 Å². The summed E-state index contributed by atoms with van der Waals surface area (Å²) < 4.78 is 4.77. The van der Waals surface area contributed by atoms with Crippen LogP contribution in [-0.2, 0) is 14.3 Å². The van der Waals surface area contributed by atoms with E-state index in [9.17, 15) is 9.59 Å². The van der Waals surface area contributed by atoms with E-state index in [-0.39, 0.29) is 36.7 Å². The van der Waals surface area contributed by atoms with Gasteiger partial charge in [-0.2, -0.15) is 0 Å². The van der Waals surface area contributed by atoms with Crippen molar-refractivity contribution in [3.63, 3.8) is 0 Å². The number of hydrogen-bond acceptors (Lipinski definition) is 4. The number of hydrogen-bond donors (Lipinski definition) is 2. The molecule has 0 aromatic heterocycles. The average Bonchev–Trinajstić information content (AvgIpc) is 2.93. The molecule has 1 aromatic carbocycles. The molecule has 1 amide bonds. The summed E-state index contributed by atoms with van der Waals surface area (Å²) in [6.45, 7) is 0. The summed E-state index contributed by atoms with van der Waals surface area (Å²) in [5.74, 6) is 0.154. The molecule has 2 saturated heterocycles. The number of nitrogens with one attached hydrogen (secondary N) is 2. The highest BCUT2D eigenvalue weighted by molar-refractivity contribution is 5.85. The largest absolute Gasteiger partial charge is 0.469 e. The molecule has 25 heavy (non-hydrogen) atoms. The Morgan fingerprint density at radius 3 is 2.44 bits per heavy atom. The highest BCUT2D eigenvalue weighted by Crippen LogP contribution is 2.32. The van der Waals surface area contributed by atoms with Crippen molar-refractivity contribution >= 4 is 24.3 Å². The molecule has 2 heterocycles. The lowest BCUT2D eigenvalue weighted by atomic mass is 9.89. The maximum atomic E-state index is 12.5. The second kappa shape index (κ2) is 9.20. The summed E-state index contributed by atoms with van der Waals surface area (Å²) in [5, 5.41) is 6.64. The van der Waals surface area contributed by atoms with E-state index in [1.54, 1.807) is 0 Å². The fourth-order valence-corrected chi connectivity index (χ4v) is 4.04. The number of carbonyl (C=O) groups excluding carboxylic acids is 2. The van der Waals surface area contributed by atoms with Crippen LogP contribution in [0, 0.1) is 5.92 Å². The first-order chi connectivity index (χ1) is 11.6. The quantitative estimate of drug-likeness (QED) is 0.760. The Morgan fingerprint density at radius 2 is 1.84 bits per heavy atom. The Hall–Kier alpha value is -1.59. The number of methoxy groups -OCH3 is 1. The molecule has 0 radical (unpaired) electrons. The molecule has 2 bridgehead atoms. The third-order valence-corrected chi connectivity index (χ3v) is 5.18. The number of benzene rings is 1. The van der Waals surface area contributed by atoms with E-state index in [1.165, 1.54) is 20.0 Å². The zero-order chi connectivity index (χ0) is 16.9. The zero-order valence-electron chi connectivity index (χ0n) is 14.6. The average molecular weight is 367 g/mol. The summed E-state index contributed by atoms with van der Waals surface area (Å²) in [4.78, 5) is 24.2. The summed E-state index contributed by atoms with van der Waals surface area (Å²) >= 11 is 0. The third-order valence-electron chi connectivity index (χ3n) is 5.18. The van der Waals surface area contributed by atoms with Crippen LogP contribution >= 0.6 is 12.4 Å². The number of esters is 1. The van der Waals surface area contributed by atoms with Crippen LogP contribution in [0.25, 0.3) is 0 Å². The van der Waals surface area contributed by atoms with Crippen LogP contribution in [0.4, 0.5) is 0 Å². The molecule has 2 aliphatic rings. The van der Waals surface area contributed by atoms with Gasteiger partial charge in [0.1, 0.15) is 0 Å². The fraction of sp³-hybridized carbons (Fsp3) is 0.579. The van der Waals surface area contributed by atoms with E-state index in [1.807, 2.05) is 30.3 Å². The first-order valence-corrected chi connectivity index (χ1v) is 8.81. The highest BCUT2D eigenvalue weighted by Gasteiger charge is 2.34. The zero-order valence-corrected chi connectivity index (χ0v) is 15.4.